The summed E-state index contributed by atoms with van der Waals surface area (Å²) >= 11 is 1.67. The Hall–Kier alpha value is -1.98. The van der Waals surface area contributed by atoms with Crippen LogP contribution >= 0.6 is 35.3 Å². The Balaban J connectivity index is 0.00000240. The molecule has 3 heterocycles. The molecule has 2 aromatic heterocycles. The Morgan fingerprint density at radius 1 is 1.14 bits per heavy atom. The number of hydrogen-bond acceptors (Lipinski definition) is 6. The van der Waals surface area contributed by atoms with Gasteiger partial charge in [0.1, 0.15) is 11.3 Å². The molecule has 1 aromatic carbocycles. The fraction of sp³-hybridized carbons (Fsp3) is 0.350. The second-order valence-corrected chi connectivity index (χ2v) is 7.52. The van der Waals surface area contributed by atoms with Crippen molar-refractivity contribution < 1.29 is 4.52 Å². The van der Waals surface area contributed by atoms with Crippen molar-refractivity contribution in [1.82, 2.24) is 25.3 Å². The number of aliphatic imine (C=N–C) groups is 1. The van der Waals surface area contributed by atoms with Crippen LogP contribution in [0.1, 0.15) is 11.4 Å². The summed E-state index contributed by atoms with van der Waals surface area (Å²) in [6.45, 7) is 5.32. The van der Waals surface area contributed by atoms with Crippen molar-refractivity contribution in [2.45, 2.75) is 13.1 Å². The van der Waals surface area contributed by atoms with E-state index in [2.05, 4.69) is 42.8 Å². The summed E-state index contributed by atoms with van der Waals surface area (Å²) in [5.41, 5.74) is 3.18. The van der Waals surface area contributed by atoms with Gasteiger partial charge in [-0.2, -0.15) is 0 Å². The van der Waals surface area contributed by atoms with Gasteiger partial charge in [-0.3, -0.25) is 9.89 Å². The van der Waals surface area contributed by atoms with Crippen LogP contribution in [0.15, 0.2) is 57.6 Å². The highest BCUT2D eigenvalue weighted by Gasteiger charge is 2.20. The van der Waals surface area contributed by atoms with Crippen molar-refractivity contribution >= 4 is 41.3 Å². The average molecular weight is 524 g/mol. The highest BCUT2D eigenvalue weighted by Crippen LogP contribution is 2.23. The topological polar surface area (TPSA) is 69.8 Å². The molecule has 0 spiro atoms. The van der Waals surface area contributed by atoms with Gasteiger partial charge in [0.15, 0.2) is 5.96 Å². The fourth-order valence-electron chi connectivity index (χ4n) is 3.27. The molecule has 4 rings (SSSR count). The molecule has 1 saturated heterocycles. The highest BCUT2D eigenvalue weighted by atomic mass is 127. The number of thiazole rings is 1. The third-order valence-corrected chi connectivity index (χ3v) is 5.70. The number of piperazine rings is 1. The summed E-state index contributed by atoms with van der Waals surface area (Å²) in [6, 6.07) is 12.2. The third-order valence-electron chi connectivity index (χ3n) is 4.76. The molecule has 9 heteroatoms. The van der Waals surface area contributed by atoms with E-state index in [1.54, 1.807) is 17.6 Å². The maximum absolute atomic E-state index is 4.92. The Morgan fingerprint density at radius 3 is 2.62 bits per heavy atom. The van der Waals surface area contributed by atoms with E-state index in [0.717, 1.165) is 60.6 Å². The third kappa shape index (κ3) is 5.77. The molecule has 0 aliphatic carbocycles. The van der Waals surface area contributed by atoms with Crippen molar-refractivity contribution in [2.75, 3.05) is 33.2 Å². The normalized spacial score (nSPS) is 15.2. The number of guanidine groups is 1. The van der Waals surface area contributed by atoms with E-state index in [-0.39, 0.29) is 24.0 Å². The molecule has 0 amide bonds. The quantitative estimate of drug-likeness (QED) is 0.314. The van der Waals surface area contributed by atoms with Crippen LogP contribution in [0.3, 0.4) is 0 Å². The number of nitrogens with zero attached hydrogens (tertiary/aromatic N) is 5. The molecule has 1 aliphatic rings. The van der Waals surface area contributed by atoms with E-state index in [9.17, 15) is 0 Å². The van der Waals surface area contributed by atoms with Crippen LogP contribution in [-0.4, -0.2) is 59.1 Å². The van der Waals surface area contributed by atoms with Crippen molar-refractivity contribution in [3.63, 3.8) is 0 Å². The minimum Gasteiger partial charge on any atom is -0.364 e. The first-order valence-corrected chi connectivity index (χ1v) is 10.3. The Bertz CT molecular complexity index is 891. The monoisotopic (exact) mass is 524 g/mol. The van der Waals surface area contributed by atoms with E-state index in [1.165, 1.54) is 0 Å². The number of aromatic nitrogens is 2. The van der Waals surface area contributed by atoms with Gasteiger partial charge in [0.25, 0.3) is 0 Å². The predicted molar refractivity (Wildman–Crippen MR) is 127 cm³/mol. The van der Waals surface area contributed by atoms with Crippen LogP contribution in [0.2, 0.25) is 0 Å². The van der Waals surface area contributed by atoms with Gasteiger partial charge in [-0.05, 0) is 0 Å². The van der Waals surface area contributed by atoms with Gasteiger partial charge in [0, 0.05) is 56.8 Å². The van der Waals surface area contributed by atoms with Gasteiger partial charge in [-0.15, -0.1) is 35.3 Å². The van der Waals surface area contributed by atoms with Gasteiger partial charge in [-0.1, -0.05) is 35.5 Å². The summed E-state index contributed by atoms with van der Waals surface area (Å²) in [7, 11) is 1.83. The standard InChI is InChI=1S/C20H24N6OS.HI/c1-21-20(26-10-8-25(9-11-26)14-17-7-12-27-24-17)22-13-18-15-28-19(23-18)16-5-3-2-4-6-16;/h2-7,12,15H,8-11,13-14H2,1H3,(H,21,22);1H. The zero-order chi connectivity index (χ0) is 19.2. The molecule has 1 N–H and O–H groups in total. The summed E-state index contributed by atoms with van der Waals surface area (Å²) < 4.78 is 4.92. The molecule has 154 valence electrons. The number of hydrogen-bond donors (Lipinski definition) is 1. The summed E-state index contributed by atoms with van der Waals surface area (Å²) in [5.74, 6) is 0.926. The average Bonchev–Trinajstić information content (AvgIpc) is 3.42. The van der Waals surface area contributed by atoms with Gasteiger partial charge < -0.3 is 14.7 Å². The SMILES string of the molecule is CN=C(NCc1csc(-c2ccccc2)n1)N1CCN(Cc2ccon2)CC1.I. The summed E-state index contributed by atoms with van der Waals surface area (Å²) in [5, 5.41) is 10.6. The van der Waals surface area contributed by atoms with Crippen LogP contribution in [0, 0.1) is 0 Å². The minimum atomic E-state index is 0. The zero-order valence-corrected chi connectivity index (χ0v) is 19.5. The first-order valence-electron chi connectivity index (χ1n) is 9.39. The van der Waals surface area contributed by atoms with Crippen LogP contribution < -0.4 is 5.32 Å². The highest BCUT2D eigenvalue weighted by molar-refractivity contribution is 14.0. The summed E-state index contributed by atoms with van der Waals surface area (Å²) in [6.07, 6.45) is 1.62. The largest absolute Gasteiger partial charge is 0.364 e. The second-order valence-electron chi connectivity index (χ2n) is 6.66. The minimum absolute atomic E-state index is 0. The molecular formula is C20H25IN6OS. The zero-order valence-electron chi connectivity index (χ0n) is 16.3. The number of benzene rings is 1. The molecular weight excluding hydrogens is 499 g/mol. The molecule has 1 aliphatic heterocycles. The second kappa shape index (κ2) is 10.7. The molecule has 0 atom stereocenters. The van der Waals surface area contributed by atoms with E-state index in [1.807, 2.05) is 31.3 Å². The van der Waals surface area contributed by atoms with Crippen LogP contribution in [-0.2, 0) is 13.1 Å². The molecule has 0 saturated carbocycles. The van der Waals surface area contributed by atoms with Crippen LogP contribution in [0.5, 0.6) is 0 Å². The number of rotatable bonds is 5. The van der Waals surface area contributed by atoms with Crippen molar-refractivity contribution in [3.8, 4) is 10.6 Å². The first-order chi connectivity index (χ1) is 13.8. The van der Waals surface area contributed by atoms with Gasteiger partial charge in [0.05, 0.1) is 17.9 Å². The predicted octanol–water partition coefficient (Wildman–Crippen LogP) is 3.31. The van der Waals surface area contributed by atoms with E-state index < -0.39 is 0 Å². The van der Waals surface area contributed by atoms with Crippen LogP contribution in [0.25, 0.3) is 10.6 Å². The van der Waals surface area contributed by atoms with E-state index >= 15 is 0 Å². The number of nitrogens with one attached hydrogen (secondary N) is 1. The van der Waals surface area contributed by atoms with Gasteiger partial charge in [-0.25, -0.2) is 4.98 Å². The lowest BCUT2D eigenvalue weighted by Crippen LogP contribution is -2.52. The number of halogens is 1. The maximum atomic E-state index is 4.92. The molecule has 7 nitrogen and oxygen atoms in total. The molecule has 0 radical (unpaired) electrons. The molecule has 3 aromatic rings. The van der Waals surface area contributed by atoms with Crippen molar-refractivity contribution in [2.24, 2.45) is 4.99 Å². The van der Waals surface area contributed by atoms with E-state index in [0.29, 0.717) is 6.54 Å². The van der Waals surface area contributed by atoms with Gasteiger partial charge >= 0.3 is 0 Å². The molecule has 1 fully saturated rings. The van der Waals surface area contributed by atoms with Crippen molar-refractivity contribution in [3.05, 3.63) is 59.4 Å². The smallest absolute Gasteiger partial charge is 0.194 e. The van der Waals surface area contributed by atoms with E-state index in [4.69, 9.17) is 9.51 Å². The van der Waals surface area contributed by atoms with Gasteiger partial charge in [0.2, 0.25) is 0 Å². The molecule has 0 unspecified atom stereocenters. The Morgan fingerprint density at radius 2 is 1.93 bits per heavy atom. The summed E-state index contributed by atoms with van der Waals surface area (Å²) in [4.78, 5) is 13.9. The maximum Gasteiger partial charge on any atom is 0.194 e. The first kappa shape index (κ1) is 21.7. The van der Waals surface area contributed by atoms with Crippen LogP contribution in [0.4, 0.5) is 0 Å². The lowest BCUT2D eigenvalue weighted by atomic mass is 10.2. The van der Waals surface area contributed by atoms with Crippen molar-refractivity contribution in [1.29, 1.82) is 0 Å². The fourth-order valence-corrected chi connectivity index (χ4v) is 4.10. The molecule has 29 heavy (non-hydrogen) atoms. The lowest BCUT2D eigenvalue weighted by Gasteiger charge is -2.36. The Labute approximate surface area is 191 Å². The Kier molecular flexibility index (Phi) is 8.01. The molecule has 0 bridgehead atoms. The lowest BCUT2D eigenvalue weighted by molar-refractivity contribution is 0.169.